The van der Waals surface area contributed by atoms with Crippen LogP contribution in [0.15, 0.2) is 36.5 Å². The van der Waals surface area contributed by atoms with Crippen LogP contribution in [-0.4, -0.2) is 15.9 Å². The third-order valence-electron chi connectivity index (χ3n) is 3.30. The fourth-order valence-corrected chi connectivity index (χ4v) is 2.43. The Labute approximate surface area is 105 Å². The summed E-state index contributed by atoms with van der Waals surface area (Å²) in [6.07, 6.45) is 4.11. The molecule has 0 radical (unpaired) electrons. The first kappa shape index (κ1) is 11.0. The summed E-state index contributed by atoms with van der Waals surface area (Å²) >= 11 is 0. The summed E-state index contributed by atoms with van der Waals surface area (Å²) in [6.45, 7) is 0. The highest BCUT2D eigenvalue weighted by molar-refractivity contribution is 6.04. The van der Waals surface area contributed by atoms with Gasteiger partial charge in [-0.2, -0.15) is 0 Å². The van der Waals surface area contributed by atoms with E-state index >= 15 is 0 Å². The van der Waals surface area contributed by atoms with Crippen LogP contribution in [0.25, 0.3) is 11.1 Å². The molecule has 3 heteroatoms. The summed E-state index contributed by atoms with van der Waals surface area (Å²) in [7, 11) is 0. The highest BCUT2D eigenvalue weighted by atomic mass is 16.3. The van der Waals surface area contributed by atoms with E-state index in [2.05, 4.69) is 4.98 Å². The van der Waals surface area contributed by atoms with Gasteiger partial charge < -0.3 is 5.11 Å². The van der Waals surface area contributed by atoms with Crippen molar-refractivity contribution in [1.82, 2.24) is 4.98 Å². The lowest BCUT2D eigenvalue weighted by atomic mass is 9.88. The van der Waals surface area contributed by atoms with Crippen LogP contribution in [0, 0.1) is 0 Å². The second-order valence-electron chi connectivity index (χ2n) is 4.50. The Morgan fingerprint density at radius 2 is 1.83 bits per heavy atom. The Morgan fingerprint density at radius 3 is 2.61 bits per heavy atom. The molecule has 0 atom stereocenters. The third kappa shape index (κ3) is 1.78. The summed E-state index contributed by atoms with van der Waals surface area (Å²) in [5, 5.41) is 9.31. The lowest BCUT2D eigenvalue weighted by Gasteiger charge is -2.17. The number of aromatic hydroxyl groups is 1. The molecule has 1 aromatic heterocycles. The molecule has 0 saturated carbocycles. The van der Waals surface area contributed by atoms with E-state index in [9.17, 15) is 9.90 Å². The number of hydrogen-bond acceptors (Lipinski definition) is 3. The lowest BCUT2D eigenvalue weighted by Crippen LogP contribution is -2.13. The molecule has 0 saturated heterocycles. The van der Waals surface area contributed by atoms with Crippen molar-refractivity contribution in [3.8, 4) is 16.9 Å². The van der Waals surface area contributed by atoms with Crippen LogP contribution in [0.5, 0.6) is 5.75 Å². The molecule has 2 aromatic rings. The number of phenols is 1. The number of fused-ring (bicyclic) bond motifs is 1. The average molecular weight is 239 g/mol. The van der Waals surface area contributed by atoms with Crippen LogP contribution in [-0.2, 0) is 6.42 Å². The van der Waals surface area contributed by atoms with Crippen LogP contribution in [0.2, 0.25) is 0 Å². The molecule has 1 heterocycles. The normalized spacial score (nSPS) is 14.3. The SMILES string of the molecule is O=C1CCCc2nccc(-c3ccc(O)cc3)c21. The van der Waals surface area contributed by atoms with Crippen LogP contribution >= 0.6 is 0 Å². The number of aromatic nitrogens is 1. The zero-order valence-electron chi connectivity index (χ0n) is 9.89. The smallest absolute Gasteiger partial charge is 0.165 e. The van der Waals surface area contributed by atoms with E-state index in [-0.39, 0.29) is 11.5 Å². The molecule has 0 unspecified atom stereocenters. The molecule has 0 aliphatic heterocycles. The Hall–Kier alpha value is -2.16. The van der Waals surface area contributed by atoms with E-state index in [0.29, 0.717) is 6.42 Å². The van der Waals surface area contributed by atoms with Crippen molar-refractivity contribution in [2.45, 2.75) is 19.3 Å². The number of phenolic OH excluding ortho intramolecular Hbond substituents is 1. The summed E-state index contributed by atoms with van der Waals surface area (Å²) in [6, 6.07) is 8.79. The van der Waals surface area contributed by atoms with Gasteiger partial charge in [0.15, 0.2) is 5.78 Å². The maximum atomic E-state index is 12.1. The molecule has 90 valence electrons. The number of aryl methyl sites for hydroxylation is 1. The Bertz CT molecular complexity index is 602. The van der Waals surface area contributed by atoms with Gasteiger partial charge in [-0.15, -0.1) is 0 Å². The average Bonchev–Trinajstić information content (AvgIpc) is 2.39. The Morgan fingerprint density at radius 1 is 1.06 bits per heavy atom. The molecular formula is C15H13NO2. The highest BCUT2D eigenvalue weighted by Gasteiger charge is 2.22. The largest absolute Gasteiger partial charge is 0.508 e. The quantitative estimate of drug-likeness (QED) is 0.832. The van der Waals surface area contributed by atoms with Crippen molar-refractivity contribution < 1.29 is 9.90 Å². The summed E-state index contributed by atoms with van der Waals surface area (Å²) in [5.74, 6) is 0.403. The maximum Gasteiger partial charge on any atom is 0.165 e. The van der Waals surface area contributed by atoms with Gasteiger partial charge in [-0.05, 0) is 42.2 Å². The Balaban J connectivity index is 2.18. The van der Waals surface area contributed by atoms with Gasteiger partial charge in [0, 0.05) is 18.2 Å². The minimum absolute atomic E-state index is 0.174. The number of rotatable bonds is 1. The molecule has 3 rings (SSSR count). The van der Waals surface area contributed by atoms with Crippen molar-refractivity contribution in [2.24, 2.45) is 0 Å². The standard InChI is InChI=1S/C15H13NO2/c17-11-6-4-10(5-7-11)12-8-9-16-13-2-1-3-14(18)15(12)13/h4-9,17H,1-3H2. The van der Waals surface area contributed by atoms with Gasteiger partial charge in [0.1, 0.15) is 5.75 Å². The monoisotopic (exact) mass is 239 g/mol. The van der Waals surface area contributed by atoms with Crippen LogP contribution in [0.1, 0.15) is 28.9 Å². The first-order valence-corrected chi connectivity index (χ1v) is 6.06. The van der Waals surface area contributed by atoms with Gasteiger partial charge in [0.05, 0.1) is 5.69 Å². The molecule has 0 fully saturated rings. The topological polar surface area (TPSA) is 50.2 Å². The van der Waals surface area contributed by atoms with Crippen LogP contribution in [0.3, 0.4) is 0 Å². The maximum absolute atomic E-state index is 12.1. The van der Waals surface area contributed by atoms with Gasteiger partial charge in [-0.25, -0.2) is 0 Å². The first-order valence-electron chi connectivity index (χ1n) is 6.06. The van der Waals surface area contributed by atoms with Crippen molar-refractivity contribution in [2.75, 3.05) is 0 Å². The molecule has 1 aliphatic rings. The molecule has 0 bridgehead atoms. The Kier molecular flexibility index (Phi) is 2.59. The summed E-state index contributed by atoms with van der Waals surface area (Å²) in [5.41, 5.74) is 3.53. The van der Waals surface area contributed by atoms with Gasteiger partial charge in [-0.1, -0.05) is 12.1 Å². The van der Waals surface area contributed by atoms with E-state index in [1.807, 2.05) is 18.2 Å². The zero-order chi connectivity index (χ0) is 12.5. The van der Waals surface area contributed by atoms with Gasteiger partial charge in [0.25, 0.3) is 0 Å². The van der Waals surface area contributed by atoms with Crippen LogP contribution in [0.4, 0.5) is 0 Å². The number of carbonyl (C=O) groups is 1. The number of nitrogens with zero attached hydrogens (tertiary/aromatic N) is 1. The minimum Gasteiger partial charge on any atom is -0.508 e. The van der Waals surface area contributed by atoms with Gasteiger partial charge >= 0.3 is 0 Å². The predicted molar refractivity (Wildman–Crippen MR) is 68.6 cm³/mol. The fraction of sp³-hybridized carbons (Fsp3) is 0.200. The van der Waals surface area contributed by atoms with Crippen LogP contribution < -0.4 is 0 Å². The molecular weight excluding hydrogens is 226 g/mol. The number of benzene rings is 1. The highest BCUT2D eigenvalue weighted by Crippen LogP contribution is 2.30. The second-order valence-corrected chi connectivity index (χ2v) is 4.50. The first-order chi connectivity index (χ1) is 8.75. The predicted octanol–water partition coefficient (Wildman–Crippen LogP) is 2.97. The van der Waals surface area contributed by atoms with Gasteiger partial charge in [-0.3, -0.25) is 9.78 Å². The van der Waals surface area contributed by atoms with E-state index in [1.54, 1.807) is 18.3 Å². The van der Waals surface area contributed by atoms with E-state index in [4.69, 9.17) is 0 Å². The third-order valence-corrected chi connectivity index (χ3v) is 3.30. The van der Waals surface area contributed by atoms with Gasteiger partial charge in [0.2, 0.25) is 0 Å². The molecule has 0 amide bonds. The van der Waals surface area contributed by atoms with Crippen molar-refractivity contribution >= 4 is 5.78 Å². The molecule has 1 aromatic carbocycles. The van der Waals surface area contributed by atoms with E-state index < -0.39 is 0 Å². The van der Waals surface area contributed by atoms with Crippen molar-refractivity contribution in [3.63, 3.8) is 0 Å². The molecule has 18 heavy (non-hydrogen) atoms. The second kappa shape index (κ2) is 4.26. The zero-order valence-corrected chi connectivity index (χ0v) is 9.89. The minimum atomic E-state index is 0.174. The van der Waals surface area contributed by atoms with Crippen molar-refractivity contribution in [1.29, 1.82) is 0 Å². The molecule has 1 N–H and O–H groups in total. The number of pyridine rings is 1. The van der Waals surface area contributed by atoms with E-state index in [0.717, 1.165) is 35.2 Å². The molecule has 3 nitrogen and oxygen atoms in total. The summed E-state index contributed by atoms with van der Waals surface area (Å²) < 4.78 is 0. The number of ketones is 1. The fourth-order valence-electron chi connectivity index (χ4n) is 2.43. The van der Waals surface area contributed by atoms with Crippen molar-refractivity contribution in [3.05, 3.63) is 47.8 Å². The number of Topliss-reactive ketones (excluding diaryl/α,β-unsaturated/α-hetero) is 1. The lowest BCUT2D eigenvalue weighted by molar-refractivity contribution is 0.0972. The van der Waals surface area contributed by atoms with E-state index in [1.165, 1.54) is 0 Å². The number of hydrogen-bond donors (Lipinski definition) is 1. The summed E-state index contributed by atoms with van der Waals surface area (Å²) in [4.78, 5) is 16.4. The molecule has 1 aliphatic carbocycles. The molecule has 0 spiro atoms. The number of carbonyl (C=O) groups excluding carboxylic acids is 1.